The van der Waals surface area contributed by atoms with Crippen molar-refractivity contribution in [3.05, 3.63) is 24.3 Å². The molecule has 6 nitrogen and oxygen atoms in total. The van der Waals surface area contributed by atoms with E-state index in [-0.39, 0.29) is 22.9 Å². The van der Waals surface area contributed by atoms with Gasteiger partial charge >= 0.3 is 0 Å². The molecule has 0 saturated carbocycles. The summed E-state index contributed by atoms with van der Waals surface area (Å²) in [4.78, 5) is 14.5. The Morgan fingerprint density at radius 3 is 2.56 bits per heavy atom. The van der Waals surface area contributed by atoms with Crippen molar-refractivity contribution in [1.82, 2.24) is 4.90 Å². The molecule has 25 heavy (non-hydrogen) atoms. The van der Waals surface area contributed by atoms with E-state index in [2.05, 4.69) is 6.92 Å². The Hall–Kier alpha value is -1.60. The van der Waals surface area contributed by atoms with Crippen molar-refractivity contribution >= 4 is 15.7 Å². The molecule has 0 spiro atoms. The normalized spacial score (nSPS) is 21.2. The molecule has 1 aromatic carbocycles. The number of ether oxygens (including phenoxy) is 1. The van der Waals surface area contributed by atoms with E-state index in [1.807, 2.05) is 4.90 Å². The molecule has 1 amide bonds. The van der Waals surface area contributed by atoms with Crippen LogP contribution in [0.25, 0.3) is 0 Å². The van der Waals surface area contributed by atoms with Gasteiger partial charge in [0.2, 0.25) is 5.91 Å². The zero-order valence-electron chi connectivity index (χ0n) is 15.0. The molecule has 1 heterocycles. The summed E-state index contributed by atoms with van der Waals surface area (Å²) in [6, 6.07) is 6.82. The Labute approximate surface area is 150 Å². The minimum atomic E-state index is -3.18. The van der Waals surface area contributed by atoms with Gasteiger partial charge in [0.15, 0.2) is 9.84 Å². The second kappa shape index (κ2) is 8.67. The lowest BCUT2D eigenvalue weighted by molar-refractivity contribution is -0.134. The molecule has 0 bridgehead atoms. The monoisotopic (exact) mass is 368 g/mol. The summed E-state index contributed by atoms with van der Waals surface area (Å²) in [5.74, 6) is 0.828. The van der Waals surface area contributed by atoms with Crippen LogP contribution in [0.3, 0.4) is 0 Å². The summed E-state index contributed by atoms with van der Waals surface area (Å²) in [5.41, 5.74) is 5.93. The number of piperidine rings is 1. The van der Waals surface area contributed by atoms with E-state index >= 15 is 0 Å². The van der Waals surface area contributed by atoms with E-state index < -0.39 is 9.84 Å². The first-order valence-corrected chi connectivity index (χ1v) is 10.6. The number of nitrogens with two attached hydrogens (primary N) is 1. The van der Waals surface area contributed by atoms with E-state index in [9.17, 15) is 13.2 Å². The van der Waals surface area contributed by atoms with Crippen molar-refractivity contribution in [2.45, 2.75) is 56.0 Å². The van der Waals surface area contributed by atoms with Crippen LogP contribution >= 0.6 is 0 Å². The maximum Gasteiger partial charge on any atom is 0.222 e. The molecular weight excluding hydrogens is 340 g/mol. The Kier molecular flexibility index (Phi) is 6.84. The third-order valence-electron chi connectivity index (χ3n) is 4.54. The summed E-state index contributed by atoms with van der Waals surface area (Å²) in [7, 11) is -3.18. The van der Waals surface area contributed by atoms with Gasteiger partial charge in [-0.05, 0) is 56.9 Å². The molecule has 0 aromatic heterocycles. The highest BCUT2D eigenvalue weighted by Gasteiger charge is 2.26. The van der Waals surface area contributed by atoms with Crippen LogP contribution in [0.15, 0.2) is 29.2 Å². The molecule has 140 valence electrons. The third kappa shape index (κ3) is 6.01. The van der Waals surface area contributed by atoms with Crippen molar-refractivity contribution in [2.75, 3.05) is 19.4 Å². The van der Waals surface area contributed by atoms with E-state index in [0.717, 1.165) is 32.2 Å². The Balaban J connectivity index is 1.67. The molecule has 1 aromatic rings. The molecule has 1 aliphatic rings. The van der Waals surface area contributed by atoms with Gasteiger partial charge in [-0.3, -0.25) is 4.79 Å². The fourth-order valence-corrected chi connectivity index (χ4v) is 3.70. The van der Waals surface area contributed by atoms with Crippen molar-refractivity contribution < 1.29 is 17.9 Å². The molecule has 1 saturated heterocycles. The number of hydrogen-bond acceptors (Lipinski definition) is 5. The first kappa shape index (κ1) is 19.7. The lowest BCUT2D eigenvalue weighted by atomic mass is 9.98. The highest BCUT2D eigenvalue weighted by molar-refractivity contribution is 7.90. The van der Waals surface area contributed by atoms with Gasteiger partial charge in [-0.25, -0.2) is 8.42 Å². The van der Waals surface area contributed by atoms with Gasteiger partial charge < -0.3 is 15.4 Å². The van der Waals surface area contributed by atoms with Crippen molar-refractivity contribution in [3.8, 4) is 5.75 Å². The van der Waals surface area contributed by atoms with Crippen LogP contribution in [0.1, 0.15) is 39.0 Å². The maximum absolute atomic E-state index is 12.3. The molecule has 1 aliphatic heterocycles. The molecule has 2 unspecified atom stereocenters. The van der Waals surface area contributed by atoms with Crippen LogP contribution < -0.4 is 10.5 Å². The minimum Gasteiger partial charge on any atom is -0.494 e. The number of unbranched alkanes of at least 4 members (excludes halogenated alkanes) is 1. The molecule has 0 aliphatic carbocycles. The number of sulfone groups is 1. The van der Waals surface area contributed by atoms with Gasteiger partial charge in [0.1, 0.15) is 5.75 Å². The zero-order chi connectivity index (χ0) is 18.4. The van der Waals surface area contributed by atoms with Crippen LogP contribution in [-0.4, -0.2) is 50.7 Å². The first-order valence-electron chi connectivity index (χ1n) is 8.75. The lowest BCUT2D eigenvalue weighted by Crippen LogP contribution is -2.48. The predicted molar refractivity (Wildman–Crippen MR) is 97.3 cm³/mol. The average Bonchev–Trinajstić information content (AvgIpc) is 2.54. The summed E-state index contributed by atoms with van der Waals surface area (Å²) < 4.78 is 28.4. The van der Waals surface area contributed by atoms with Gasteiger partial charge in [-0.1, -0.05) is 0 Å². The van der Waals surface area contributed by atoms with Crippen LogP contribution in [-0.2, 0) is 14.6 Å². The molecule has 0 radical (unpaired) electrons. The van der Waals surface area contributed by atoms with E-state index in [4.69, 9.17) is 10.5 Å². The predicted octanol–water partition coefficient (Wildman–Crippen LogP) is 1.98. The van der Waals surface area contributed by atoms with Crippen LogP contribution in [0.5, 0.6) is 5.75 Å². The van der Waals surface area contributed by atoms with Crippen LogP contribution in [0.2, 0.25) is 0 Å². The lowest BCUT2D eigenvalue weighted by Gasteiger charge is -2.36. The number of rotatable bonds is 7. The highest BCUT2D eigenvalue weighted by Crippen LogP contribution is 2.18. The Morgan fingerprint density at radius 2 is 1.96 bits per heavy atom. The van der Waals surface area contributed by atoms with Gasteiger partial charge in [0, 0.05) is 31.3 Å². The highest BCUT2D eigenvalue weighted by atomic mass is 32.2. The smallest absolute Gasteiger partial charge is 0.222 e. The quantitative estimate of drug-likeness (QED) is 0.743. The number of hydrogen-bond donors (Lipinski definition) is 1. The van der Waals surface area contributed by atoms with E-state index in [1.54, 1.807) is 12.1 Å². The van der Waals surface area contributed by atoms with E-state index in [0.29, 0.717) is 18.8 Å². The summed E-state index contributed by atoms with van der Waals surface area (Å²) in [5, 5.41) is 0. The topological polar surface area (TPSA) is 89.7 Å². The molecule has 7 heteroatoms. The molecule has 2 rings (SSSR count). The summed E-state index contributed by atoms with van der Waals surface area (Å²) >= 11 is 0. The summed E-state index contributed by atoms with van der Waals surface area (Å²) in [6.45, 7) is 3.32. The maximum atomic E-state index is 12.3. The van der Waals surface area contributed by atoms with Crippen LogP contribution in [0.4, 0.5) is 0 Å². The van der Waals surface area contributed by atoms with Crippen molar-refractivity contribution in [3.63, 3.8) is 0 Å². The Bertz CT molecular complexity index is 673. The molecule has 2 atom stereocenters. The molecular formula is C18H28N2O4S. The SMILES string of the molecule is CC1CC(N)CCN1C(=O)CCCCOc1ccc(S(C)(=O)=O)cc1. The van der Waals surface area contributed by atoms with Crippen LogP contribution in [0, 0.1) is 0 Å². The van der Waals surface area contributed by atoms with Gasteiger partial charge in [0.25, 0.3) is 0 Å². The fourth-order valence-electron chi connectivity index (χ4n) is 3.07. The third-order valence-corrected chi connectivity index (χ3v) is 5.67. The second-order valence-corrected chi connectivity index (χ2v) is 8.79. The minimum absolute atomic E-state index is 0.192. The molecule has 2 N–H and O–H groups in total. The number of benzene rings is 1. The number of likely N-dealkylation sites (tertiary alicyclic amines) is 1. The Morgan fingerprint density at radius 1 is 1.28 bits per heavy atom. The van der Waals surface area contributed by atoms with E-state index in [1.165, 1.54) is 18.4 Å². The van der Waals surface area contributed by atoms with Gasteiger partial charge in [-0.2, -0.15) is 0 Å². The largest absolute Gasteiger partial charge is 0.494 e. The molecule has 1 fully saturated rings. The zero-order valence-corrected chi connectivity index (χ0v) is 15.8. The average molecular weight is 368 g/mol. The second-order valence-electron chi connectivity index (χ2n) is 6.77. The number of carbonyl (C=O) groups is 1. The standard InChI is InChI=1S/C18H28N2O4S/c1-14-13-15(19)10-11-20(14)18(21)5-3-4-12-24-16-6-8-17(9-7-16)25(2,22)23/h6-9,14-15H,3-5,10-13,19H2,1-2H3. The summed E-state index contributed by atoms with van der Waals surface area (Å²) in [6.07, 6.45) is 5.00. The number of carbonyl (C=O) groups excluding carboxylic acids is 1. The van der Waals surface area contributed by atoms with Gasteiger partial charge in [0.05, 0.1) is 11.5 Å². The number of amides is 1. The fraction of sp³-hybridized carbons (Fsp3) is 0.611. The van der Waals surface area contributed by atoms with Gasteiger partial charge in [-0.15, -0.1) is 0 Å². The first-order chi connectivity index (χ1) is 11.8. The number of nitrogens with zero attached hydrogens (tertiary/aromatic N) is 1. The van der Waals surface area contributed by atoms with Crippen molar-refractivity contribution in [2.24, 2.45) is 5.73 Å². The van der Waals surface area contributed by atoms with Crippen molar-refractivity contribution in [1.29, 1.82) is 0 Å².